The summed E-state index contributed by atoms with van der Waals surface area (Å²) < 4.78 is 11.5. The Morgan fingerprint density at radius 3 is 2.60 bits per heavy atom. The molecular formula is C22H19N3O4S. The molecule has 0 aliphatic rings. The van der Waals surface area contributed by atoms with Crippen LogP contribution >= 0.6 is 11.3 Å². The molecule has 152 valence electrons. The molecule has 0 fully saturated rings. The van der Waals surface area contributed by atoms with E-state index in [2.05, 4.69) is 15.6 Å². The monoisotopic (exact) mass is 421 g/mol. The lowest BCUT2D eigenvalue weighted by molar-refractivity contribution is -0.118. The predicted octanol–water partition coefficient (Wildman–Crippen LogP) is 4.78. The minimum absolute atomic E-state index is 0.0892. The van der Waals surface area contributed by atoms with Crippen LogP contribution in [0.5, 0.6) is 5.75 Å². The number of aromatic nitrogens is 1. The van der Waals surface area contributed by atoms with Crippen molar-refractivity contribution in [2.24, 2.45) is 0 Å². The Hall–Kier alpha value is -3.65. The highest BCUT2D eigenvalue weighted by atomic mass is 32.1. The van der Waals surface area contributed by atoms with Gasteiger partial charge in [-0.15, -0.1) is 0 Å². The highest BCUT2D eigenvalue weighted by Gasteiger charge is 2.13. The fourth-order valence-electron chi connectivity index (χ4n) is 2.98. The van der Waals surface area contributed by atoms with Crippen molar-refractivity contribution in [1.29, 1.82) is 0 Å². The van der Waals surface area contributed by atoms with E-state index in [1.165, 1.54) is 17.6 Å². The molecule has 7 nitrogen and oxygen atoms in total. The standard InChI is InChI=1S/C22H19N3O4S/c1-13-8-14(2)10-16(9-13)29-12-20(26)23-15-5-6-17-19(11-15)30-22(24-17)25-21(27)18-4-3-7-28-18/h3-11H,12H2,1-2H3,(H,23,26)(H,24,25,27). The third kappa shape index (κ3) is 4.66. The summed E-state index contributed by atoms with van der Waals surface area (Å²) in [6.45, 7) is 3.87. The molecule has 2 aromatic carbocycles. The molecule has 0 saturated carbocycles. The summed E-state index contributed by atoms with van der Waals surface area (Å²) in [5.74, 6) is 0.254. The number of aryl methyl sites for hydroxylation is 2. The Bertz CT molecular complexity index is 1190. The Morgan fingerprint density at radius 1 is 1.07 bits per heavy atom. The Morgan fingerprint density at radius 2 is 1.87 bits per heavy atom. The van der Waals surface area contributed by atoms with Gasteiger partial charge in [-0.05, 0) is 67.4 Å². The number of ether oxygens (including phenoxy) is 1. The Kier molecular flexibility index (Phi) is 5.49. The van der Waals surface area contributed by atoms with Gasteiger partial charge in [-0.3, -0.25) is 14.9 Å². The topological polar surface area (TPSA) is 93.5 Å². The first-order valence-electron chi connectivity index (χ1n) is 9.23. The zero-order valence-electron chi connectivity index (χ0n) is 16.4. The van der Waals surface area contributed by atoms with Crippen molar-refractivity contribution in [2.75, 3.05) is 17.2 Å². The molecule has 0 atom stereocenters. The van der Waals surface area contributed by atoms with Gasteiger partial charge in [0.2, 0.25) is 0 Å². The van der Waals surface area contributed by atoms with Crippen molar-refractivity contribution < 1.29 is 18.7 Å². The molecule has 4 rings (SSSR count). The number of amides is 2. The quantitative estimate of drug-likeness (QED) is 0.467. The Labute approximate surface area is 176 Å². The number of rotatable bonds is 6. The maximum Gasteiger partial charge on any atom is 0.293 e. The molecule has 0 aliphatic carbocycles. The lowest BCUT2D eigenvalue weighted by Crippen LogP contribution is -2.20. The van der Waals surface area contributed by atoms with Gasteiger partial charge in [0.15, 0.2) is 17.5 Å². The lowest BCUT2D eigenvalue weighted by Gasteiger charge is -2.09. The molecule has 0 spiro atoms. The molecule has 0 radical (unpaired) electrons. The van der Waals surface area contributed by atoms with Gasteiger partial charge in [0.05, 0.1) is 16.5 Å². The van der Waals surface area contributed by atoms with Crippen molar-refractivity contribution in [3.63, 3.8) is 0 Å². The van der Waals surface area contributed by atoms with E-state index < -0.39 is 0 Å². The van der Waals surface area contributed by atoms with Gasteiger partial charge in [-0.25, -0.2) is 4.98 Å². The normalized spacial score (nSPS) is 10.7. The second-order valence-electron chi connectivity index (χ2n) is 6.79. The zero-order valence-corrected chi connectivity index (χ0v) is 17.2. The van der Waals surface area contributed by atoms with Gasteiger partial charge in [-0.2, -0.15) is 0 Å². The van der Waals surface area contributed by atoms with E-state index >= 15 is 0 Å². The number of fused-ring (bicyclic) bond motifs is 1. The summed E-state index contributed by atoms with van der Waals surface area (Å²) in [5.41, 5.74) is 3.51. The van der Waals surface area contributed by atoms with Crippen LogP contribution in [0.3, 0.4) is 0 Å². The molecule has 0 bridgehead atoms. The maximum atomic E-state index is 12.3. The summed E-state index contributed by atoms with van der Waals surface area (Å²) in [6, 6.07) is 14.4. The zero-order chi connectivity index (χ0) is 21.1. The number of carbonyl (C=O) groups is 2. The maximum absolute atomic E-state index is 12.3. The number of nitrogens with one attached hydrogen (secondary N) is 2. The minimum Gasteiger partial charge on any atom is -0.484 e. The minimum atomic E-state index is -0.365. The second-order valence-corrected chi connectivity index (χ2v) is 7.82. The lowest BCUT2D eigenvalue weighted by atomic mass is 10.1. The van der Waals surface area contributed by atoms with E-state index in [9.17, 15) is 9.59 Å². The van der Waals surface area contributed by atoms with Gasteiger partial charge < -0.3 is 14.5 Å². The van der Waals surface area contributed by atoms with Crippen LogP contribution in [0.1, 0.15) is 21.7 Å². The van der Waals surface area contributed by atoms with E-state index in [4.69, 9.17) is 9.15 Å². The van der Waals surface area contributed by atoms with Crippen LogP contribution in [0.4, 0.5) is 10.8 Å². The first kappa shape index (κ1) is 19.7. The second kappa shape index (κ2) is 8.38. The molecule has 4 aromatic rings. The highest BCUT2D eigenvalue weighted by Crippen LogP contribution is 2.28. The van der Waals surface area contributed by atoms with Crippen molar-refractivity contribution in [3.05, 3.63) is 71.7 Å². The molecule has 0 unspecified atom stereocenters. The van der Waals surface area contributed by atoms with Crippen molar-refractivity contribution in [3.8, 4) is 5.75 Å². The predicted molar refractivity (Wildman–Crippen MR) is 116 cm³/mol. The number of anilines is 2. The number of thiazole rings is 1. The van der Waals surface area contributed by atoms with Crippen molar-refractivity contribution in [1.82, 2.24) is 4.98 Å². The third-order valence-electron chi connectivity index (χ3n) is 4.20. The van der Waals surface area contributed by atoms with Crippen molar-refractivity contribution >= 4 is 44.2 Å². The van der Waals surface area contributed by atoms with Gasteiger partial charge >= 0.3 is 0 Å². The Balaban J connectivity index is 1.39. The molecule has 30 heavy (non-hydrogen) atoms. The summed E-state index contributed by atoms with van der Waals surface area (Å²) >= 11 is 1.31. The number of furan rings is 1. The summed E-state index contributed by atoms with van der Waals surface area (Å²) in [7, 11) is 0. The fourth-order valence-corrected chi connectivity index (χ4v) is 3.88. The molecule has 8 heteroatoms. The van der Waals surface area contributed by atoms with Crippen LogP contribution in [0.2, 0.25) is 0 Å². The summed E-state index contributed by atoms with van der Waals surface area (Å²) in [6.07, 6.45) is 1.44. The van der Waals surface area contributed by atoms with Gasteiger partial charge in [0.1, 0.15) is 5.75 Å². The summed E-state index contributed by atoms with van der Waals surface area (Å²) in [5, 5.41) is 5.98. The fraction of sp³-hybridized carbons (Fsp3) is 0.136. The van der Waals surface area contributed by atoms with Gasteiger partial charge in [-0.1, -0.05) is 17.4 Å². The van der Waals surface area contributed by atoms with Crippen LogP contribution in [0.15, 0.2) is 59.2 Å². The average Bonchev–Trinajstić information content (AvgIpc) is 3.35. The molecule has 0 saturated heterocycles. The van der Waals surface area contributed by atoms with E-state index in [1.807, 2.05) is 38.1 Å². The first-order valence-corrected chi connectivity index (χ1v) is 10.0. The number of carbonyl (C=O) groups excluding carboxylic acids is 2. The first-order chi connectivity index (χ1) is 14.5. The molecule has 2 amide bonds. The van der Waals surface area contributed by atoms with Gasteiger partial charge in [0.25, 0.3) is 11.8 Å². The van der Waals surface area contributed by atoms with E-state index in [-0.39, 0.29) is 24.2 Å². The van der Waals surface area contributed by atoms with Crippen LogP contribution in [-0.4, -0.2) is 23.4 Å². The molecule has 2 N–H and O–H groups in total. The average molecular weight is 421 g/mol. The number of hydrogen-bond acceptors (Lipinski definition) is 6. The number of nitrogens with zero attached hydrogens (tertiary/aromatic N) is 1. The largest absolute Gasteiger partial charge is 0.484 e. The molecule has 2 aromatic heterocycles. The molecule has 2 heterocycles. The van der Waals surface area contributed by atoms with E-state index in [0.717, 1.165) is 21.3 Å². The third-order valence-corrected chi connectivity index (χ3v) is 5.14. The van der Waals surface area contributed by atoms with Crippen molar-refractivity contribution in [2.45, 2.75) is 13.8 Å². The van der Waals surface area contributed by atoms with Crippen LogP contribution in [0.25, 0.3) is 10.2 Å². The number of hydrogen-bond donors (Lipinski definition) is 2. The number of benzene rings is 2. The smallest absolute Gasteiger partial charge is 0.293 e. The van der Waals surface area contributed by atoms with Gasteiger partial charge in [0, 0.05) is 5.69 Å². The van der Waals surface area contributed by atoms with Crippen LogP contribution in [-0.2, 0) is 4.79 Å². The highest BCUT2D eigenvalue weighted by molar-refractivity contribution is 7.22. The SMILES string of the molecule is Cc1cc(C)cc(OCC(=O)Nc2ccc3nc(NC(=O)c4ccco4)sc3c2)c1. The van der Waals surface area contributed by atoms with E-state index in [1.54, 1.807) is 24.3 Å². The van der Waals surface area contributed by atoms with Crippen LogP contribution in [0, 0.1) is 13.8 Å². The van der Waals surface area contributed by atoms with Crippen LogP contribution < -0.4 is 15.4 Å². The summed E-state index contributed by atoms with van der Waals surface area (Å²) in [4.78, 5) is 28.7. The van der Waals surface area contributed by atoms with E-state index in [0.29, 0.717) is 16.6 Å². The molecule has 0 aliphatic heterocycles. The molecular weight excluding hydrogens is 402 g/mol.